The normalized spacial score (nSPS) is 20.9. The molecule has 2 heteroatoms. The Morgan fingerprint density at radius 2 is 2.00 bits per heavy atom. The first-order valence-electron chi connectivity index (χ1n) is 6.69. The van der Waals surface area contributed by atoms with E-state index in [9.17, 15) is 0 Å². The maximum absolute atomic E-state index is 6.09. The standard InChI is InChI=1S/C14H27NO/c1-5-11-15-13(12(3)4)14(16-6-2)9-7-8-10-14/h13,15H,3,5-11H2,1-2,4H3. The number of hydrogen-bond donors (Lipinski definition) is 1. The highest BCUT2D eigenvalue weighted by Crippen LogP contribution is 2.38. The second kappa shape index (κ2) is 6.41. The molecule has 1 N–H and O–H groups in total. The van der Waals surface area contributed by atoms with Crippen LogP contribution in [-0.4, -0.2) is 24.8 Å². The molecule has 0 aromatic heterocycles. The minimum Gasteiger partial charge on any atom is -0.373 e. The van der Waals surface area contributed by atoms with E-state index in [2.05, 4.69) is 32.7 Å². The highest BCUT2D eigenvalue weighted by atomic mass is 16.5. The average Bonchev–Trinajstić information content (AvgIpc) is 2.68. The third-order valence-electron chi connectivity index (χ3n) is 3.50. The molecule has 0 radical (unpaired) electrons. The van der Waals surface area contributed by atoms with Crippen molar-refractivity contribution < 1.29 is 4.74 Å². The first-order chi connectivity index (χ1) is 7.66. The predicted octanol–water partition coefficient (Wildman–Crippen LogP) is 3.28. The molecule has 0 aliphatic heterocycles. The molecule has 1 rings (SSSR count). The van der Waals surface area contributed by atoms with E-state index in [1.54, 1.807) is 0 Å². The van der Waals surface area contributed by atoms with E-state index in [0.717, 1.165) is 19.6 Å². The van der Waals surface area contributed by atoms with Crippen molar-refractivity contribution in [3.8, 4) is 0 Å². The summed E-state index contributed by atoms with van der Waals surface area (Å²) in [6.45, 7) is 12.4. The number of hydrogen-bond acceptors (Lipinski definition) is 2. The van der Waals surface area contributed by atoms with Crippen molar-refractivity contribution in [1.29, 1.82) is 0 Å². The van der Waals surface area contributed by atoms with Gasteiger partial charge in [0.05, 0.1) is 11.6 Å². The van der Waals surface area contributed by atoms with Gasteiger partial charge in [-0.1, -0.05) is 31.9 Å². The Balaban J connectivity index is 2.74. The van der Waals surface area contributed by atoms with Crippen molar-refractivity contribution in [2.24, 2.45) is 0 Å². The second-order valence-corrected chi connectivity index (χ2v) is 4.94. The van der Waals surface area contributed by atoms with E-state index in [1.165, 1.54) is 31.3 Å². The van der Waals surface area contributed by atoms with Gasteiger partial charge in [-0.2, -0.15) is 0 Å². The molecule has 0 spiro atoms. The highest BCUT2D eigenvalue weighted by molar-refractivity contribution is 5.13. The zero-order valence-electron chi connectivity index (χ0n) is 11.1. The maximum atomic E-state index is 6.09. The lowest BCUT2D eigenvalue weighted by Crippen LogP contribution is -2.51. The van der Waals surface area contributed by atoms with Crippen molar-refractivity contribution in [3.63, 3.8) is 0 Å². The van der Waals surface area contributed by atoms with E-state index >= 15 is 0 Å². The fraction of sp³-hybridized carbons (Fsp3) is 0.857. The van der Waals surface area contributed by atoms with Gasteiger partial charge in [0.25, 0.3) is 0 Å². The van der Waals surface area contributed by atoms with Gasteiger partial charge in [-0.25, -0.2) is 0 Å². The van der Waals surface area contributed by atoms with Crippen LogP contribution in [0.25, 0.3) is 0 Å². The summed E-state index contributed by atoms with van der Waals surface area (Å²) < 4.78 is 6.09. The van der Waals surface area contributed by atoms with Crippen molar-refractivity contribution in [1.82, 2.24) is 5.32 Å². The molecular formula is C14H27NO. The minimum absolute atomic E-state index is 0.0236. The van der Waals surface area contributed by atoms with Crippen molar-refractivity contribution in [2.75, 3.05) is 13.2 Å². The second-order valence-electron chi connectivity index (χ2n) is 4.94. The third-order valence-corrected chi connectivity index (χ3v) is 3.50. The molecule has 0 amide bonds. The highest BCUT2D eigenvalue weighted by Gasteiger charge is 2.42. The summed E-state index contributed by atoms with van der Waals surface area (Å²) in [5, 5.41) is 3.61. The van der Waals surface area contributed by atoms with Gasteiger partial charge in [0.2, 0.25) is 0 Å². The Hall–Kier alpha value is -0.340. The topological polar surface area (TPSA) is 21.3 Å². The summed E-state index contributed by atoms with van der Waals surface area (Å²) in [7, 11) is 0. The predicted molar refractivity (Wildman–Crippen MR) is 69.7 cm³/mol. The van der Waals surface area contributed by atoms with Gasteiger partial charge in [-0.05, 0) is 39.7 Å². The monoisotopic (exact) mass is 225 g/mol. The number of rotatable bonds is 7. The van der Waals surface area contributed by atoms with Crippen LogP contribution in [-0.2, 0) is 4.74 Å². The van der Waals surface area contributed by atoms with Crippen LogP contribution in [0.5, 0.6) is 0 Å². The molecule has 1 atom stereocenters. The Kier molecular flexibility index (Phi) is 5.50. The summed E-state index contributed by atoms with van der Waals surface area (Å²) in [6, 6.07) is 0.329. The summed E-state index contributed by atoms with van der Waals surface area (Å²) in [5.41, 5.74) is 1.24. The van der Waals surface area contributed by atoms with Gasteiger partial charge in [-0.3, -0.25) is 0 Å². The van der Waals surface area contributed by atoms with Gasteiger partial charge >= 0.3 is 0 Å². The van der Waals surface area contributed by atoms with Crippen molar-refractivity contribution in [3.05, 3.63) is 12.2 Å². The molecule has 0 bridgehead atoms. The average molecular weight is 225 g/mol. The van der Waals surface area contributed by atoms with Crippen LogP contribution in [0.15, 0.2) is 12.2 Å². The molecule has 1 saturated carbocycles. The molecule has 16 heavy (non-hydrogen) atoms. The molecule has 0 saturated heterocycles. The first-order valence-corrected chi connectivity index (χ1v) is 6.69. The number of ether oxygens (including phenoxy) is 1. The minimum atomic E-state index is 0.0236. The van der Waals surface area contributed by atoms with E-state index in [4.69, 9.17) is 4.74 Å². The lowest BCUT2D eigenvalue weighted by atomic mass is 9.87. The molecule has 1 unspecified atom stereocenters. The maximum Gasteiger partial charge on any atom is 0.0872 e. The molecule has 0 heterocycles. The summed E-state index contributed by atoms with van der Waals surface area (Å²) >= 11 is 0. The number of nitrogens with one attached hydrogen (secondary N) is 1. The largest absolute Gasteiger partial charge is 0.373 e. The summed E-state index contributed by atoms with van der Waals surface area (Å²) in [4.78, 5) is 0. The molecular weight excluding hydrogens is 198 g/mol. The van der Waals surface area contributed by atoms with Crippen LogP contribution in [0.4, 0.5) is 0 Å². The zero-order chi connectivity index (χ0) is 12.0. The lowest BCUT2D eigenvalue weighted by molar-refractivity contribution is -0.0526. The van der Waals surface area contributed by atoms with Gasteiger partial charge in [0, 0.05) is 6.61 Å². The van der Waals surface area contributed by atoms with E-state index in [1.807, 2.05) is 0 Å². The Bertz CT molecular complexity index is 219. The van der Waals surface area contributed by atoms with Gasteiger partial charge in [-0.15, -0.1) is 0 Å². The fourth-order valence-corrected chi connectivity index (χ4v) is 2.88. The van der Waals surface area contributed by atoms with Gasteiger partial charge in [0.15, 0.2) is 0 Å². The Labute approximate surface area is 100 Å². The van der Waals surface area contributed by atoms with E-state index in [-0.39, 0.29) is 5.60 Å². The zero-order valence-corrected chi connectivity index (χ0v) is 11.1. The van der Waals surface area contributed by atoms with Gasteiger partial charge in [0.1, 0.15) is 0 Å². The Morgan fingerprint density at radius 1 is 1.38 bits per heavy atom. The van der Waals surface area contributed by atoms with Crippen LogP contribution in [0.3, 0.4) is 0 Å². The van der Waals surface area contributed by atoms with Crippen LogP contribution in [0, 0.1) is 0 Å². The first kappa shape index (κ1) is 13.7. The SMILES string of the molecule is C=C(C)C(NCCC)C1(OCC)CCCC1. The molecule has 1 fully saturated rings. The quantitative estimate of drug-likeness (QED) is 0.671. The molecule has 2 nitrogen and oxygen atoms in total. The van der Waals surface area contributed by atoms with Gasteiger partial charge < -0.3 is 10.1 Å². The van der Waals surface area contributed by atoms with E-state index < -0.39 is 0 Å². The van der Waals surface area contributed by atoms with E-state index in [0.29, 0.717) is 6.04 Å². The van der Waals surface area contributed by atoms with Crippen molar-refractivity contribution >= 4 is 0 Å². The Morgan fingerprint density at radius 3 is 2.44 bits per heavy atom. The van der Waals surface area contributed by atoms with Crippen molar-refractivity contribution in [2.45, 2.75) is 64.5 Å². The summed E-state index contributed by atoms with van der Waals surface area (Å²) in [6.07, 6.45) is 6.09. The molecule has 94 valence electrons. The van der Waals surface area contributed by atoms with Crippen LogP contribution in [0.2, 0.25) is 0 Å². The lowest BCUT2D eigenvalue weighted by Gasteiger charge is -2.38. The fourth-order valence-electron chi connectivity index (χ4n) is 2.88. The molecule has 1 aliphatic rings. The smallest absolute Gasteiger partial charge is 0.0872 e. The summed E-state index contributed by atoms with van der Waals surface area (Å²) in [5.74, 6) is 0. The molecule has 0 aromatic carbocycles. The van der Waals surface area contributed by atoms with Crippen LogP contribution < -0.4 is 5.32 Å². The van der Waals surface area contributed by atoms with Crippen LogP contribution >= 0.6 is 0 Å². The molecule has 0 aromatic rings. The molecule has 1 aliphatic carbocycles. The van der Waals surface area contributed by atoms with Crippen LogP contribution in [0.1, 0.15) is 52.9 Å². The third kappa shape index (κ3) is 3.08.